The zero-order valence-corrected chi connectivity index (χ0v) is 23.0. The molecule has 1 aliphatic heterocycles. The Labute approximate surface area is 213 Å². The van der Waals surface area contributed by atoms with Gasteiger partial charge in [0, 0.05) is 13.1 Å². The number of likely N-dealkylation sites (tertiary alicyclic amines) is 1. The fraction of sp³-hybridized carbons (Fsp3) is 0.871. The van der Waals surface area contributed by atoms with E-state index in [1.807, 2.05) is 0 Å². The molecule has 0 N–H and O–H groups in total. The lowest BCUT2D eigenvalue weighted by molar-refractivity contribution is -0.161. The number of ketones is 1. The molecule has 35 heavy (non-hydrogen) atoms. The van der Waals surface area contributed by atoms with E-state index in [0.29, 0.717) is 34.9 Å². The van der Waals surface area contributed by atoms with E-state index in [1.54, 1.807) is 6.92 Å². The largest absolute Gasteiger partial charge is 0.462 e. The highest BCUT2D eigenvalue weighted by atomic mass is 16.5. The van der Waals surface area contributed by atoms with Crippen LogP contribution >= 0.6 is 0 Å². The molecule has 0 aromatic heterocycles. The summed E-state index contributed by atoms with van der Waals surface area (Å²) in [5.74, 6) is 3.13. The minimum absolute atomic E-state index is 0.0119. The van der Waals surface area contributed by atoms with Crippen LogP contribution in [0.4, 0.5) is 0 Å². The fourth-order valence-electron chi connectivity index (χ4n) is 9.67. The molecule has 0 spiro atoms. The Morgan fingerprint density at radius 3 is 2.57 bits per heavy atom. The van der Waals surface area contributed by atoms with E-state index in [-0.39, 0.29) is 17.5 Å². The Morgan fingerprint density at radius 1 is 1.03 bits per heavy atom. The van der Waals surface area contributed by atoms with Crippen LogP contribution < -0.4 is 0 Å². The van der Waals surface area contributed by atoms with Gasteiger partial charge in [-0.15, -0.1) is 0 Å². The number of carbonyl (C=O) groups excluding carboxylic acids is 2. The molecule has 4 aliphatic carbocycles. The number of hydrogen-bond donors (Lipinski definition) is 0. The summed E-state index contributed by atoms with van der Waals surface area (Å²) in [5.41, 5.74) is 1.96. The second-order valence-electron chi connectivity index (χ2n) is 14.2. The number of hydrogen-bond acceptors (Lipinski definition) is 4. The van der Waals surface area contributed by atoms with Crippen LogP contribution in [0.3, 0.4) is 0 Å². The van der Waals surface area contributed by atoms with Gasteiger partial charge in [-0.25, -0.2) is 0 Å². The van der Waals surface area contributed by atoms with Crippen molar-refractivity contribution in [1.82, 2.24) is 4.90 Å². The number of piperidine rings is 1. The SMILES string of the molecule is CC(=O)C1=CC[C@@H]2[C@@H]3CC[C@H]4C[C@H](OC(=O)CCN5CCCC(C)(C)C5)CC[C@]4(C)[C@H]3CC[C@@]12C. The molecule has 7 atom stereocenters. The average Bonchev–Trinajstić information content (AvgIpc) is 3.15. The van der Waals surface area contributed by atoms with Crippen LogP contribution in [0.2, 0.25) is 0 Å². The molecule has 0 bridgehead atoms. The molecule has 4 fully saturated rings. The van der Waals surface area contributed by atoms with Gasteiger partial charge in [0.15, 0.2) is 5.78 Å². The van der Waals surface area contributed by atoms with Crippen molar-refractivity contribution >= 4 is 11.8 Å². The number of allylic oxidation sites excluding steroid dienone is 2. The molecule has 0 radical (unpaired) electrons. The summed E-state index contributed by atoms with van der Waals surface area (Å²) >= 11 is 0. The molecule has 3 saturated carbocycles. The van der Waals surface area contributed by atoms with E-state index in [1.165, 1.54) is 38.5 Å². The summed E-state index contributed by atoms with van der Waals surface area (Å²) in [7, 11) is 0. The number of ether oxygens (including phenoxy) is 1. The van der Waals surface area contributed by atoms with Crippen LogP contribution in [0, 0.1) is 39.9 Å². The van der Waals surface area contributed by atoms with E-state index >= 15 is 0 Å². The standard InChI is InChI=1S/C31H49NO3/c1-21(33)25-9-10-26-24-8-7-22-19-23(11-15-30(22,4)27(24)12-16-31(25,26)5)35-28(34)13-18-32-17-6-14-29(2,3)20-32/h9,22-24,26-27H,6-8,10-20H2,1-5H3/t22-,23+,24-,26+,27-,30-,31-/m0/s1. The second-order valence-corrected chi connectivity index (χ2v) is 14.2. The van der Waals surface area contributed by atoms with Crippen molar-refractivity contribution in [2.45, 2.75) is 111 Å². The van der Waals surface area contributed by atoms with E-state index in [9.17, 15) is 9.59 Å². The van der Waals surface area contributed by atoms with Gasteiger partial charge in [-0.3, -0.25) is 9.59 Å². The Balaban J connectivity index is 1.16. The van der Waals surface area contributed by atoms with Crippen molar-refractivity contribution in [3.8, 4) is 0 Å². The highest BCUT2D eigenvalue weighted by molar-refractivity contribution is 5.95. The van der Waals surface area contributed by atoms with Gasteiger partial charge in [-0.05, 0) is 123 Å². The summed E-state index contributed by atoms with van der Waals surface area (Å²) in [6.45, 7) is 14.4. The summed E-state index contributed by atoms with van der Waals surface area (Å²) in [6, 6.07) is 0. The third kappa shape index (κ3) is 4.66. The summed E-state index contributed by atoms with van der Waals surface area (Å²) in [4.78, 5) is 27.5. The zero-order chi connectivity index (χ0) is 25.0. The zero-order valence-electron chi connectivity index (χ0n) is 23.0. The second kappa shape index (κ2) is 9.30. The van der Waals surface area contributed by atoms with Crippen molar-refractivity contribution in [3.63, 3.8) is 0 Å². The molecule has 196 valence electrons. The summed E-state index contributed by atoms with van der Waals surface area (Å²) in [5, 5.41) is 0. The number of esters is 1. The third-order valence-corrected chi connectivity index (χ3v) is 11.5. The van der Waals surface area contributed by atoms with Crippen LogP contribution in [0.25, 0.3) is 0 Å². The number of Topliss-reactive ketones (excluding diaryl/α,β-unsaturated/α-hetero) is 1. The smallest absolute Gasteiger partial charge is 0.307 e. The van der Waals surface area contributed by atoms with Crippen molar-refractivity contribution in [2.24, 2.45) is 39.9 Å². The number of nitrogens with zero attached hydrogens (tertiary/aromatic N) is 1. The molecule has 4 nitrogen and oxygen atoms in total. The van der Waals surface area contributed by atoms with Crippen molar-refractivity contribution < 1.29 is 14.3 Å². The molecule has 5 aliphatic rings. The topological polar surface area (TPSA) is 46.6 Å². The van der Waals surface area contributed by atoms with Gasteiger partial charge in [0.2, 0.25) is 0 Å². The molecule has 0 aromatic carbocycles. The molecular weight excluding hydrogens is 434 g/mol. The highest BCUT2D eigenvalue weighted by Crippen LogP contribution is 2.66. The molecule has 5 rings (SSSR count). The van der Waals surface area contributed by atoms with Gasteiger partial charge < -0.3 is 9.64 Å². The maximum Gasteiger partial charge on any atom is 0.307 e. The van der Waals surface area contributed by atoms with Crippen LogP contribution in [-0.2, 0) is 14.3 Å². The predicted octanol–water partition coefficient (Wildman–Crippen LogP) is 6.58. The van der Waals surface area contributed by atoms with E-state index in [2.05, 4.69) is 38.7 Å². The summed E-state index contributed by atoms with van der Waals surface area (Å²) < 4.78 is 6.08. The first-order chi connectivity index (χ1) is 16.5. The van der Waals surface area contributed by atoms with Gasteiger partial charge in [0.25, 0.3) is 0 Å². The van der Waals surface area contributed by atoms with Crippen LogP contribution in [0.5, 0.6) is 0 Å². The number of carbonyl (C=O) groups is 2. The maximum absolute atomic E-state index is 12.7. The van der Waals surface area contributed by atoms with Crippen molar-refractivity contribution in [2.75, 3.05) is 19.6 Å². The third-order valence-electron chi connectivity index (χ3n) is 11.5. The van der Waals surface area contributed by atoms with Gasteiger partial charge in [-0.2, -0.15) is 0 Å². The van der Waals surface area contributed by atoms with Crippen LogP contribution in [0.1, 0.15) is 105 Å². The molecule has 0 unspecified atom stereocenters. The first-order valence-corrected chi connectivity index (χ1v) is 14.7. The highest BCUT2D eigenvalue weighted by Gasteiger charge is 2.59. The van der Waals surface area contributed by atoms with Gasteiger partial charge in [0.1, 0.15) is 6.10 Å². The Bertz CT molecular complexity index is 876. The Hall–Kier alpha value is -1.16. The van der Waals surface area contributed by atoms with Crippen LogP contribution in [-0.4, -0.2) is 42.4 Å². The Kier molecular flexibility index (Phi) is 6.77. The van der Waals surface area contributed by atoms with E-state index in [4.69, 9.17) is 4.74 Å². The van der Waals surface area contributed by atoms with Crippen molar-refractivity contribution in [1.29, 1.82) is 0 Å². The first kappa shape index (κ1) is 25.5. The molecule has 4 heteroatoms. The Morgan fingerprint density at radius 2 is 1.83 bits per heavy atom. The van der Waals surface area contributed by atoms with Gasteiger partial charge in [-0.1, -0.05) is 33.8 Å². The number of fused-ring (bicyclic) bond motifs is 5. The molecule has 1 heterocycles. The molecule has 0 aromatic rings. The number of rotatable bonds is 5. The quantitative estimate of drug-likeness (QED) is 0.415. The van der Waals surface area contributed by atoms with Crippen molar-refractivity contribution in [3.05, 3.63) is 11.6 Å². The summed E-state index contributed by atoms with van der Waals surface area (Å²) in [6.07, 6.45) is 14.8. The van der Waals surface area contributed by atoms with Gasteiger partial charge >= 0.3 is 5.97 Å². The maximum atomic E-state index is 12.7. The lowest BCUT2D eigenvalue weighted by Gasteiger charge is -2.60. The fourth-order valence-corrected chi connectivity index (χ4v) is 9.67. The van der Waals surface area contributed by atoms with Gasteiger partial charge in [0.05, 0.1) is 6.42 Å². The molecule has 1 saturated heterocycles. The predicted molar refractivity (Wildman–Crippen MR) is 140 cm³/mol. The normalized spacial score (nSPS) is 42.9. The average molecular weight is 484 g/mol. The van der Waals surface area contributed by atoms with E-state index < -0.39 is 0 Å². The molecular formula is C31H49NO3. The minimum Gasteiger partial charge on any atom is -0.462 e. The monoisotopic (exact) mass is 483 g/mol. The minimum atomic E-state index is 0.0119. The first-order valence-electron chi connectivity index (χ1n) is 14.7. The van der Waals surface area contributed by atoms with Crippen LogP contribution in [0.15, 0.2) is 11.6 Å². The lowest BCUT2D eigenvalue weighted by Crippen LogP contribution is -2.54. The molecule has 0 amide bonds. The van der Waals surface area contributed by atoms with E-state index in [0.717, 1.165) is 62.7 Å². The lowest BCUT2D eigenvalue weighted by atomic mass is 9.44.